The second kappa shape index (κ2) is 7.53. The number of aliphatic hydroxyl groups is 1. The third-order valence-electron chi connectivity index (χ3n) is 4.52. The number of nitrogens with one attached hydrogen (secondary N) is 1. The third-order valence-corrected chi connectivity index (χ3v) is 4.52. The summed E-state index contributed by atoms with van der Waals surface area (Å²) >= 11 is 0. The van der Waals surface area contributed by atoms with Crippen LogP contribution in [0.15, 0.2) is 42.6 Å². The molecule has 2 N–H and O–H groups in total. The molecule has 3 rings (SSSR count). The number of aliphatic hydroxyl groups excluding tert-OH is 1. The second-order valence-electron chi connectivity index (χ2n) is 6.33. The van der Waals surface area contributed by atoms with E-state index in [1.807, 2.05) is 0 Å². The van der Waals surface area contributed by atoms with Crippen molar-refractivity contribution >= 4 is 5.91 Å². The van der Waals surface area contributed by atoms with Gasteiger partial charge in [-0.3, -0.25) is 9.78 Å². The van der Waals surface area contributed by atoms with Gasteiger partial charge in [-0.2, -0.15) is 0 Å². The summed E-state index contributed by atoms with van der Waals surface area (Å²) < 4.78 is 13.3. The Morgan fingerprint density at radius 2 is 2.17 bits per heavy atom. The topological polar surface area (TPSA) is 62.2 Å². The van der Waals surface area contributed by atoms with E-state index in [9.17, 15) is 14.3 Å². The molecule has 0 bridgehead atoms. The lowest BCUT2D eigenvalue weighted by molar-refractivity contribution is 0.0905. The van der Waals surface area contributed by atoms with Crippen LogP contribution in [0.4, 0.5) is 4.39 Å². The number of aromatic nitrogens is 1. The maximum absolute atomic E-state index is 13.3. The molecular weight excluding hydrogens is 307 g/mol. The summed E-state index contributed by atoms with van der Waals surface area (Å²) in [5.41, 5.74) is 1.80. The third kappa shape index (κ3) is 3.97. The molecule has 1 fully saturated rings. The minimum atomic E-state index is -0.313. The van der Waals surface area contributed by atoms with E-state index in [1.54, 1.807) is 24.3 Å². The van der Waals surface area contributed by atoms with Gasteiger partial charge in [0.05, 0.1) is 11.3 Å². The van der Waals surface area contributed by atoms with Crippen LogP contribution in [0.3, 0.4) is 0 Å². The summed E-state index contributed by atoms with van der Waals surface area (Å²) in [5.74, 6) is -0.193. The van der Waals surface area contributed by atoms with Gasteiger partial charge < -0.3 is 10.4 Å². The van der Waals surface area contributed by atoms with Gasteiger partial charge in [0, 0.05) is 24.4 Å². The highest BCUT2D eigenvalue weighted by Gasteiger charge is 2.23. The lowest BCUT2D eigenvalue weighted by Crippen LogP contribution is -2.39. The van der Waals surface area contributed by atoms with E-state index < -0.39 is 0 Å². The molecule has 1 aliphatic carbocycles. The van der Waals surface area contributed by atoms with Gasteiger partial charge in [0.25, 0.3) is 5.91 Å². The summed E-state index contributed by atoms with van der Waals surface area (Å²) in [7, 11) is 0. The predicted molar refractivity (Wildman–Crippen MR) is 89.9 cm³/mol. The Morgan fingerprint density at radius 3 is 2.88 bits per heavy atom. The van der Waals surface area contributed by atoms with Crippen molar-refractivity contribution in [2.75, 3.05) is 6.61 Å². The number of amides is 1. The molecule has 1 heterocycles. The molecule has 0 spiro atoms. The van der Waals surface area contributed by atoms with Gasteiger partial charge in [-0.15, -0.1) is 0 Å². The predicted octanol–water partition coefficient (Wildman–Crippen LogP) is 3.17. The second-order valence-corrected chi connectivity index (χ2v) is 6.33. The molecule has 0 radical (unpaired) electrons. The number of nitrogens with zero attached hydrogens (tertiary/aromatic N) is 1. The molecule has 1 amide bonds. The first-order valence-electron chi connectivity index (χ1n) is 8.29. The number of rotatable bonds is 4. The summed E-state index contributed by atoms with van der Waals surface area (Å²) in [4.78, 5) is 16.6. The van der Waals surface area contributed by atoms with Crippen LogP contribution in [-0.2, 0) is 0 Å². The van der Waals surface area contributed by atoms with Gasteiger partial charge >= 0.3 is 0 Å². The molecule has 1 aromatic heterocycles. The van der Waals surface area contributed by atoms with E-state index in [4.69, 9.17) is 0 Å². The van der Waals surface area contributed by atoms with Gasteiger partial charge in [0.15, 0.2) is 0 Å². The Hall–Kier alpha value is -2.27. The zero-order valence-electron chi connectivity index (χ0n) is 13.4. The SMILES string of the molecule is O=C(N[C@@H]1CCC[C@H](CO)C1)c1ccc(-c2cccc(F)c2)nc1. The molecule has 0 aliphatic heterocycles. The molecule has 126 valence electrons. The summed E-state index contributed by atoms with van der Waals surface area (Å²) in [5, 5.41) is 12.3. The molecule has 1 saturated carbocycles. The van der Waals surface area contributed by atoms with Crippen LogP contribution in [0.25, 0.3) is 11.3 Å². The van der Waals surface area contributed by atoms with Gasteiger partial charge in [0.1, 0.15) is 5.82 Å². The zero-order chi connectivity index (χ0) is 16.9. The standard InChI is InChI=1S/C19H21FN2O2/c20-16-5-2-4-14(10-16)18-8-7-15(11-21-18)19(24)22-17-6-1-3-13(9-17)12-23/h2,4-5,7-8,10-11,13,17,23H,1,3,6,9,12H2,(H,22,24)/t13-,17+/m0/s1. The fourth-order valence-corrected chi connectivity index (χ4v) is 3.20. The molecule has 1 aliphatic rings. The zero-order valence-corrected chi connectivity index (χ0v) is 13.4. The number of carbonyl (C=O) groups excluding carboxylic acids is 1. The Bertz CT molecular complexity index is 703. The highest BCUT2D eigenvalue weighted by molar-refractivity contribution is 5.94. The number of halogens is 1. The van der Waals surface area contributed by atoms with Crippen molar-refractivity contribution in [2.45, 2.75) is 31.7 Å². The number of pyridine rings is 1. The van der Waals surface area contributed by atoms with Gasteiger partial charge in [-0.05, 0) is 49.4 Å². The number of hydrogen-bond donors (Lipinski definition) is 2. The van der Waals surface area contributed by atoms with Crippen molar-refractivity contribution in [3.8, 4) is 11.3 Å². The number of hydrogen-bond acceptors (Lipinski definition) is 3. The highest BCUT2D eigenvalue weighted by Crippen LogP contribution is 2.24. The molecule has 2 aromatic rings. The fraction of sp³-hybridized carbons (Fsp3) is 0.368. The number of carbonyl (C=O) groups is 1. The van der Waals surface area contributed by atoms with Crippen LogP contribution in [-0.4, -0.2) is 28.6 Å². The van der Waals surface area contributed by atoms with E-state index in [2.05, 4.69) is 10.3 Å². The molecule has 4 nitrogen and oxygen atoms in total. The van der Waals surface area contributed by atoms with Crippen LogP contribution in [0, 0.1) is 11.7 Å². The van der Waals surface area contributed by atoms with Crippen molar-refractivity contribution < 1.29 is 14.3 Å². The Labute approximate surface area is 140 Å². The molecule has 1 aromatic carbocycles. The number of benzene rings is 1. The minimum absolute atomic E-state index is 0.103. The average Bonchev–Trinajstić information content (AvgIpc) is 2.62. The van der Waals surface area contributed by atoms with Crippen molar-refractivity contribution in [3.05, 3.63) is 54.0 Å². The highest BCUT2D eigenvalue weighted by atomic mass is 19.1. The normalized spacial score (nSPS) is 20.6. The maximum Gasteiger partial charge on any atom is 0.253 e. The lowest BCUT2D eigenvalue weighted by Gasteiger charge is -2.28. The molecule has 0 unspecified atom stereocenters. The van der Waals surface area contributed by atoms with Gasteiger partial charge in [-0.25, -0.2) is 4.39 Å². The quantitative estimate of drug-likeness (QED) is 0.906. The van der Waals surface area contributed by atoms with Crippen molar-refractivity contribution in [3.63, 3.8) is 0 Å². The van der Waals surface area contributed by atoms with Crippen LogP contribution in [0.1, 0.15) is 36.0 Å². The van der Waals surface area contributed by atoms with Gasteiger partial charge in [-0.1, -0.05) is 18.6 Å². The molecule has 5 heteroatoms. The summed E-state index contributed by atoms with van der Waals surface area (Å²) in [6.07, 6.45) is 5.32. The first-order chi connectivity index (χ1) is 11.7. The maximum atomic E-state index is 13.3. The monoisotopic (exact) mass is 328 g/mol. The van der Waals surface area contributed by atoms with Crippen molar-refractivity contribution in [2.24, 2.45) is 5.92 Å². The first kappa shape index (κ1) is 16.6. The van der Waals surface area contributed by atoms with Crippen molar-refractivity contribution in [1.82, 2.24) is 10.3 Å². The molecule has 2 atom stereocenters. The summed E-state index contributed by atoms with van der Waals surface area (Å²) in [6.45, 7) is 0.177. The Kier molecular flexibility index (Phi) is 5.20. The van der Waals surface area contributed by atoms with Crippen LogP contribution in [0.5, 0.6) is 0 Å². The van der Waals surface area contributed by atoms with E-state index in [0.717, 1.165) is 25.7 Å². The lowest BCUT2D eigenvalue weighted by atomic mass is 9.86. The fourth-order valence-electron chi connectivity index (χ4n) is 3.20. The molecular formula is C19H21FN2O2. The minimum Gasteiger partial charge on any atom is -0.396 e. The molecule has 24 heavy (non-hydrogen) atoms. The largest absolute Gasteiger partial charge is 0.396 e. The summed E-state index contributed by atoms with van der Waals surface area (Å²) in [6, 6.07) is 9.74. The smallest absolute Gasteiger partial charge is 0.253 e. The first-order valence-corrected chi connectivity index (χ1v) is 8.29. The van der Waals surface area contributed by atoms with Crippen LogP contribution < -0.4 is 5.32 Å². The Balaban J connectivity index is 1.65. The van der Waals surface area contributed by atoms with E-state index in [0.29, 0.717) is 16.8 Å². The van der Waals surface area contributed by atoms with Gasteiger partial charge in [0.2, 0.25) is 0 Å². The Morgan fingerprint density at radius 1 is 1.29 bits per heavy atom. The van der Waals surface area contributed by atoms with E-state index in [1.165, 1.54) is 18.3 Å². The van der Waals surface area contributed by atoms with Crippen LogP contribution in [0.2, 0.25) is 0 Å². The molecule has 0 saturated heterocycles. The van der Waals surface area contributed by atoms with Crippen LogP contribution >= 0.6 is 0 Å². The van der Waals surface area contributed by atoms with E-state index >= 15 is 0 Å². The average molecular weight is 328 g/mol. The van der Waals surface area contributed by atoms with Crippen molar-refractivity contribution in [1.29, 1.82) is 0 Å². The van der Waals surface area contributed by atoms with E-state index in [-0.39, 0.29) is 30.3 Å².